The fourth-order valence-corrected chi connectivity index (χ4v) is 3.81. The number of fused-ring (bicyclic) bond motifs is 1. The maximum atomic E-state index is 12.3. The van der Waals surface area contributed by atoms with Gasteiger partial charge in [-0.2, -0.15) is 0 Å². The molecule has 4 aromatic rings. The van der Waals surface area contributed by atoms with E-state index in [0.29, 0.717) is 5.56 Å². The summed E-state index contributed by atoms with van der Waals surface area (Å²) in [6.07, 6.45) is 1.64. The third kappa shape index (κ3) is 3.34. The van der Waals surface area contributed by atoms with Crippen LogP contribution >= 0.6 is 11.3 Å². The molecule has 1 amide bonds. The number of thiazole rings is 1. The summed E-state index contributed by atoms with van der Waals surface area (Å²) in [5, 5.41) is 3.89. The highest BCUT2D eigenvalue weighted by atomic mass is 32.1. The number of carbonyl (C=O) groups is 1. The summed E-state index contributed by atoms with van der Waals surface area (Å²) in [7, 11) is 0. The van der Waals surface area contributed by atoms with Gasteiger partial charge in [0.25, 0.3) is 5.91 Å². The number of nitrogens with zero attached hydrogens (tertiary/aromatic N) is 2. The molecule has 4 rings (SSSR count). The summed E-state index contributed by atoms with van der Waals surface area (Å²) in [6.45, 7) is 3.95. The van der Waals surface area contributed by atoms with Crippen LogP contribution in [-0.2, 0) is 0 Å². The van der Waals surface area contributed by atoms with Crippen molar-refractivity contribution < 1.29 is 4.79 Å². The predicted molar refractivity (Wildman–Crippen MR) is 107 cm³/mol. The van der Waals surface area contributed by atoms with E-state index < -0.39 is 0 Å². The predicted octanol–water partition coefficient (Wildman–Crippen LogP) is 5.23. The number of nitrogens with one attached hydrogen (secondary N) is 1. The Morgan fingerprint density at radius 1 is 1.00 bits per heavy atom. The zero-order valence-corrected chi connectivity index (χ0v) is 15.3. The molecule has 0 aliphatic rings. The van der Waals surface area contributed by atoms with Crippen molar-refractivity contribution in [3.05, 3.63) is 77.6 Å². The van der Waals surface area contributed by atoms with E-state index in [-0.39, 0.29) is 5.91 Å². The molecule has 5 heteroatoms. The molecule has 128 valence electrons. The molecule has 2 aromatic heterocycles. The van der Waals surface area contributed by atoms with Crippen molar-refractivity contribution in [1.82, 2.24) is 9.97 Å². The van der Waals surface area contributed by atoms with E-state index in [1.807, 2.05) is 31.2 Å². The van der Waals surface area contributed by atoms with Gasteiger partial charge in [0.1, 0.15) is 5.01 Å². The Balaban J connectivity index is 1.55. The molecule has 0 saturated carbocycles. The minimum atomic E-state index is -0.140. The van der Waals surface area contributed by atoms with Crippen LogP contribution in [0.25, 0.3) is 20.8 Å². The van der Waals surface area contributed by atoms with Crippen molar-refractivity contribution in [3.8, 4) is 10.6 Å². The molecule has 0 aliphatic heterocycles. The number of aryl methyl sites for hydroxylation is 2. The SMILES string of the molecule is Cc1ccc2nc(-c3ccc(NC(=O)c4ccnc(C)c4)cc3)sc2c1. The Morgan fingerprint density at radius 2 is 1.81 bits per heavy atom. The largest absolute Gasteiger partial charge is 0.322 e. The molecule has 0 atom stereocenters. The molecule has 0 fully saturated rings. The van der Waals surface area contributed by atoms with Gasteiger partial charge in [-0.3, -0.25) is 9.78 Å². The van der Waals surface area contributed by atoms with Crippen molar-refractivity contribution in [2.45, 2.75) is 13.8 Å². The number of hydrogen-bond donors (Lipinski definition) is 1. The molecule has 26 heavy (non-hydrogen) atoms. The van der Waals surface area contributed by atoms with Gasteiger partial charge in [-0.15, -0.1) is 11.3 Å². The summed E-state index contributed by atoms with van der Waals surface area (Å²) >= 11 is 1.68. The van der Waals surface area contributed by atoms with Gasteiger partial charge in [-0.1, -0.05) is 6.07 Å². The molecule has 0 saturated heterocycles. The molecular weight excluding hydrogens is 342 g/mol. The van der Waals surface area contributed by atoms with Gasteiger partial charge >= 0.3 is 0 Å². The Kier molecular flexibility index (Phi) is 4.22. The smallest absolute Gasteiger partial charge is 0.255 e. The minimum absolute atomic E-state index is 0.140. The second kappa shape index (κ2) is 6.69. The van der Waals surface area contributed by atoms with Crippen LogP contribution in [0.15, 0.2) is 60.8 Å². The summed E-state index contributed by atoms with van der Waals surface area (Å²) in [4.78, 5) is 21.1. The standard InChI is InChI=1S/C21H17N3OS/c1-13-3-8-18-19(11-13)26-21(24-18)15-4-6-17(7-5-15)23-20(25)16-9-10-22-14(2)12-16/h3-12H,1-2H3,(H,23,25). The first-order chi connectivity index (χ1) is 12.6. The van der Waals surface area contributed by atoms with Crippen LogP contribution < -0.4 is 5.32 Å². The Hall–Kier alpha value is -3.05. The highest BCUT2D eigenvalue weighted by molar-refractivity contribution is 7.21. The summed E-state index contributed by atoms with van der Waals surface area (Å²) < 4.78 is 1.19. The lowest BCUT2D eigenvalue weighted by molar-refractivity contribution is 0.102. The molecule has 0 aliphatic carbocycles. The van der Waals surface area contributed by atoms with E-state index >= 15 is 0 Å². The lowest BCUT2D eigenvalue weighted by Gasteiger charge is -2.06. The lowest BCUT2D eigenvalue weighted by atomic mass is 10.2. The van der Waals surface area contributed by atoms with Crippen LogP contribution in [-0.4, -0.2) is 15.9 Å². The first-order valence-electron chi connectivity index (χ1n) is 8.30. The molecule has 0 unspecified atom stereocenters. The number of pyridine rings is 1. The number of hydrogen-bond acceptors (Lipinski definition) is 4. The normalized spacial score (nSPS) is 10.8. The number of benzene rings is 2. The maximum absolute atomic E-state index is 12.3. The van der Waals surface area contributed by atoms with Gasteiger partial charge < -0.3 is 5.32 Å². The van der Waals surface area contributed by atoms with Gasteiger partial charge in [-0.05, 0) is 67.9 Å². The third-order valence-corrected chi connectivity index (χ3v) is 5.16. The monoisotopic (exact) mass is 359 g/mol. The second-order valence-corrected chi connectivity index (χ2v) is 7.24. The summed E-state index contributed by atoms with van der Waals surface area (Å²) in [5.41, 5.74) is 5.46. The second-order valence-electron chi connectivity index (χ2n) is 6.21. The van der Waals surface area contributed by atoms with Crippen molar-refractivity contribution in [3.63, 3.8) is 0 Å². The van der Waals surface area contributed by atoms with Crippen LogP contribution in [0.3, 0.4) is 0 Å². The van der Waals surface area contributed by atoms with Crippen molar-refractivity contribution in [2.24, 2.45) is 0 Å². The molecule has 2 heterocycles. The van der Waals surface area contributed by atoms with Gasteiger partial charge in [0.05, 0.1) is 10.2 Å². The molecule has 1 N–H and O–H groups in total. The van der Waals surface area contributed by atoms with E-state index in [2.05, 4.69) is 35.4 Å². The highest BCUT2D eigenvalue weighted by Crippen LogP contribution is 2.31. The number of anilines is 1. The maximum Gasteiger partial charge on any atom is 0.255 e. The summed E-state index contributed by atoms with van der Waals surface area (Å²) in [6, 6.07) is 17.5. The van der Waals surface area contributed by atoms with E-state index in [1.54, 1.807) is 29.7 Å². The zero-order valence-electron chi connectivity index (χ0n) is 14.5. The average molecular weight is 359 g/mol. The average Bonchev–Trinajstić information content (AvgIpc) is 3.05. The van der Waals surface area contributed by atoms with Crippen molar-refractivity contribution >= 4 is 33.1 Å². The van der Waals surface area contributed by atoms with Gasteiger partial charge in [0, 0.05) is 28.7 Å². The topological polar surface area (TPSA) is 54.9 Å². The van der Waals surface area contributed by atoms with Crippen LogP contribution in [0.5, 0.6) is 0 Å². The van der Waals surface area contributed by atoms with E-state index in [4.69, 9.17) is 4.98 Å². The van der Waals surface area contributed by atoms with E-state index in [1.165, 1.54) is 10.3 Å². The first kappa shape index (κ1) is 16.4. The van der Waals surface area contributed by atoms with Gasteiger partial charge in [-0.25, -0.2) is 4.98 Å². The van der Waals surface area contributed by atoms with E-state index in [0.717, 1.165) is 27.5 Å². The van der Waals surface area contributed by atoms with Crippen LogP contribution in [0.2, 0.25) is 0 Å². The number of aromatic nitrogens is 2. The van der Waals surface area contributed by atoms with Crippen molar-refractivity contribution in [2.75, 3.05) is 5.32 Å². The number of rotatable bonds is 3. The van der Waals surface area contributed by atoms with Crippen LogP contribution in [0.1, 0.15) is 21.6 Å². The van der Waals surface area contributed by atoms with E-state index in [9.17, 15) is 4.79 Å². The van der Waals surface area contributed by atoms with Crippen molar-refractivity contribution in [1.29, 1.82) is 0 Å². The zero-order chi connectivity index (χ0) is 18.1. The Labute approximate surface area is 155 Å². The molecule has 4 nitrogen and oxygen atoms in total. The molecule has 0 bridgehead atoms. The highest BCUT2D eigenvalue weighted by Gasteiger charge is 2.09. The summed E-state index contributed by atoms with van der Waals surface area (Å²) in [5.74, 6) is -0.140. The van der Waals surface area contributed by atoms with Crippen LogP contribution in [0.4, 0.5) is 5.69 Å². The fourth-order valence-electron chi connectivity index (χ4n) is 2.74. The molecular formula is C21H17N3OS. The Morgan fingerprint density at radius 3 is 2.58 bits per heavy atom. The van der Waals surface area contributed by atoms with Gasteiger partial charge in [0.2, 0.25) is 0 Å². The quantitative estimate of drug-likeness (QED) is 0.545. The van der Waals surface area contributed by atoms with Gasteiger partial charge in [0.15, 0.2) is 0 Å². The van der Waals surface area contributed by atoms with Crippen LogP contribution in [0, 0.1) is 13.8 Å². The number of amides is 1. The minimum Gasteiger partial charge on any atom is -0.322 e. The number of carbonyl (C=O) groups excluding carboxylic acids is 1. The Bertz CT molecular complexity index is 1100. The first-order valence-corrected chi connectivity index (χ1v) is 9.12. The lowest BCUT2D eigenvalue weighted by Crippen LogP contribution is -2.12. The molecule has 0 spiro atoms. The molecule has 2 aromatic carbocycles. The fraction of sp³-hybridized carbons (Fsp3) is 0.0952. The molecule has 0 radical (unpaired) electrons. The third-order valence-electron chi connectivity index (χ3n) is 4.09.